The number of hydrogen-bond acceptors (Lipinski definition) is 5. The van der Waals surface area contributed by atoms with Gasteiger partial charge >= 0.3 is 0 Å². The molecule has 0 spiro atoms. The number of aliphatic hydroxyl groups is 3. The predicted molar refractivity (Wildman–Crippen MR) is 38.1 cm³/mol. The summed E-state index contributed by atoms with van der Waals surface area (Å²) in [6, 6.07) is -0.772. The first-order valence-electron chi connectivity index (χ1n) is 3.59. The molecule has 0 saturated heterocycles. The van der Waals surface area contributed by atoms with Crippen molar-refractivity contribution in [3.8, 4) is 0 Å². The molecule has 0 aromatic rings. The van der Waals surface area contributed by atoms with Gasteiger partial charge < -0.3 is 21.1 Å². The Bertz CT molecular complexity index is 158. The third-order valence-corrected chi connectivity index (χ3v) is 2.25. The maximum atomic E-state index is 9.32. The average Bonchev–Trinajstić information content (AvgIpc) is 1.84. The van der Waals surface area contributed by atoms with Crippen molar-refractivity contribution in [2.45, 2.75) is 36.8 Å². The number of nitrogens with two attached hydrogens (primary N) is 2. The second kappa shape index (κ2) is 2.40. The highest BCUT2D eigenvalue weighted by Gasteiger charge is 2.51. The molecule has 11 heavy (non-hydrogen) atoms. The van der Waals surface area contributed by atoms with Gasteiger partial charge in [0.2, 0.25) is 5.79 Å². The molecule has 0 heterocycles. The lowest BCUT2D eigenvalue weighted by molar-refractivity contribution is -0.294. The van der Waals surface area contributed by atoms with Crippen molar-refractivity contribution in [1.29, 1.82) is 0 Å². The van der Waals surface area contributed by atoms with Crippen molar-refractivity contribution in [3.05, 3.63) is 0 Å². The smallest absolute Gasteiger partial charge is 0.207 e. The van der Waals surface area contributed by atoms with E-state index in [1.807, 2.05) is 0 Å². The minimum atomic E-state index is -2.25. The van der Waals surface area contributed by atoms with Crippen molar-refractivity contribution in [2.24, 2.45) is 11.5 Å². The highest BCUT2D eigenvalue weighted by atomic mass is 16.5. The Balaban J connectivity index is 2.82. The molecule has 0 aliphatic heterocycles. The maximum absolute atomic E-state index is 9.32. The Morgan fingerprint density at radius 3 is 2.18 bits per heavy atom. The van der Waals surface area contributed by atoms with E-state index in [1.54, 1.807) is 0 Å². The summed E-state index contributed by atoms with van der Waals surface area (Å²) in [7, 11) is 0. The Labute approximate surface area is 64.6 Å². The van der Waals surface area contributed by atoms with Gasteiger partial charge in [-0.2, -0.15) is 0 Å². The summed E-state index contributed by atoms with van der Waals surface area (Å²) in [6.45, 7) is 0. The van der Waals surface area contributed by atoms with E-state index < -0.39 is 17.6 Å². The van der Waals surface area contributed by atoms with E-state index in [4.69, 9.17) is 11.5 Å². The van der Waals surface area contributed by atoms with Crippen molar-refractivity contribution in [1.82, 2.24) is 0 Å². The van der Waals surface area contributed by atoms with E-state index in [2.05, 4.69) is 0 Å². The molecular weight excluding hydrogens is 148 g/mol. The van der Waals surface area contributed by atoms with Gasteiger partial charge in [-0.3, -0.25) is 5.73 Å². The molecule has 5 heteroatoms. The van der Waals surface area contributed by atoms with Crippen LogP contribution in [-0.4, -0.2) is 32.9 Å². The van der Waals surface area contributed by atoms with Crippen LogP contribution in [0.1, 0.15) is 19.3 Å². The molecule has 0 bridgehead atoms. The third-order valence-electron chi connectivity index (χ3n) is 2.25. The van der Waals surface area contributed by atoms with E-state index in [0.717, 1.165) is 0 Å². The molecule has 5 nitrogen and oxygen atoms in total. The topological polar surface area (TPSA) is 113 Å². The van der Waals surface area contributed by atoms with Gasteiger partial charge in [0.1, 0.15) is 0 Å². The Hall–Kier alpha value is -0.200. The molecule has 1 fully saturated rings. The van der Waals surface area contributed by atoms with Gasteiger partial charge in [-0.05, 0) is 12.8 Å². The first-order valence-corrected chi connectivity index (χ1v) is 3.59. The van der Waals surface area contributed by atoms with E-state index in [0.29, 0.717) is 12.8 Å². The van der Waals surface area contributed by atoms with Gasteiger partial charge in [-0.1, -0.05) is 0 Å². The molecule has 0 amide bonds. The Morgan fingerprint density at radius 1 is 1.27 bits per heavy atom. The monoisotopic (exact) mass is 162 g/mol. The highest BCUT2D eigenvalue weighted by molar-refractivity contribution is 4.98. The molecule has 2 unspecified atom stereocenters. The van der Waals surface area contributed by atoms with Crippen molar-refractivity contribution in [2.75, 3.05) is 0 Å². The summed E-state index contributed by atoms with van der Waals surface area (Å²) in [5, 5.41) is 27.7. The molecule has 0 aromatic carbocycles. The molecule has 7 N–H and O–H groups in total. The zero-order valence-electron chi connectivity index (χ0n) is 6.20. The molecule has 2 atom stereocenters. The minimum absolute atomic E-state index is 0.0632. The average molecular weight is 162 g/mol. The van der Waals surface area contributed by atoms with Crippen LogP contribution in [0.4, 0.5) is 0 Å². The number of hydrogen-bond donors (Lipinski definition) is 5. The fourth-order valence-electron chi connectivity index (χ4n) is 1.29. The summed E-state index contributed by atoms with van der Waals surface area (Å²) < 4.78 is 0. The summed E-state index contributed by atoms with van der Waals surface area (Å²) in [5.74, 6) is -2.25. The number of rotatable bonds is 0. The maximum Gasteiger partial charge on any atom is 0.207 e. The highest BCUT2D eigenvalue weighted by Crippen LogP contribution is 2.30. The van der Waals surface area contributed by atoms with E-state index in [9.17, 15) is 15.3 Å². The van der Waals surface area contributed by atoms with Gasteiger partial charge in [-0.25, -0.2) is 0 Å². The summed E-state index contributed by atoms with van der Waals surface area (Å²) >= 11 is 0. The standard InChI is InChI=1S/C6H14N2O3/c7-4-2-1-3-5(9,10)6(4,8)11/h4,9-11H,1-3,7-8H2. The van der Waals surface area contributed by atoms with Gasteiger partial charge in [-0.15, -0.1) is 0 Å². The summed E-state index contributed by atoms with van der Waals surface area (Å²) in [4.78, 5) is 0. The first-order chi connectivity index (χ1) is 4.88. The van der Waals surface area contributed by atoms with Crippen LogP contribution < -0.4 is 11.5 Å². The minimum Gasteiger partial charge on any atom is -0.369 e. The molecule has 66 valence electrons. The second-order valence-electron chi connectivity index (χ2n) is 3.14. The van der Waals surface area contributed by atoms with Crippen molar-refractivity contribution in [3.63, 3.8) is 0 Å². The van der Waals surface area contributed by atoms with Gasteiger partial charge in [0.05, 0.1) is 6.04 Å². The fourth-order valence-corrected chi connectivity index (χ4v) is 1.29. The molecule has 0 radical (unpaired) electrons. The Kier molecular flexibility index (Phi) is 1.94. The summed E-state index contributed by atoms with van der Waals surface area (Å²) in [5.41, 5.74) is 8.54. The van der Waals surface area contributed by atoms with Crippen molar-refractivity contribution >= 4 is 0 Å². The first kappa shape index (κ1) is 8.89. The van der Waals surface area contributed by atoms with Crippen LogP contribution in [-0.2, 0) is 0 Å². The van der Waals surface area contributed by atoms with E-state index in [1.165, 1.54) is 0 Å². The molecule has 1 aliphatic carbocycles. The van der Waals surface area contributed by atoms with Crippen LogP contribution in [0.3, 0.4) is 0 Å². The quantitative estimate of drug-likeness (QED) is 0.260. The predicted octanol–water partition coefficient (Wildman–Crippen LogP) is -2.17. The zero-order chi connectivity index (χ0) is 8.70. The third kappa shape index (κ3) is 1.25. The van der Waals surface area contributed by atoms with E-state index in [-0.39, 0.29) is 6.42 Å². The lowest BCUT2D eigenvalue weighted by atomic mass is 9.82. The van der Waals surface area contributed by atoms with Crippen LogP contribution in [0, 0.1) is 0 Å². The largest absolute Gasteiger partial charge is 0.369 e. The normalized spacial score (nSPS) is 43.9. The van der Waals surface area contributed by atoms with Crippen LogP contribution >= 0.6 is 0 Å². The summed E-state index contributed by atoms with van der Waals surface area (Å²) in [6.07, 6.45) is 1.14. The van der Waals surface area contributed by atoms with E-state index >= 15 is 0 Å². The van der Waals surface area contributed by atoms with Crippen molar-refractivity contribution < 1.29 is 15.3 Å². The molecule has 1 saturated carbocycles. The van der Waals surface area contributed by atoms with Gasteiger partial charge in [0, 0.05) is 6.42 Å². The van der Waals surface area contributed by atoms with Crippen LogP contribution in [0.2, 0.25) is 0 Å². The molecule has 1 rings (SSSR count). The fraction of sp³-hybridized carbons (Fsp3) is 1.00. The van der Waals surface area contributed by atoms with Gasteiger partial charge in [0.15, 0.2) is 5.72 Å². The second-order valence-corrected chi connectivity index (χ2v) is 3.14. The SMILES string of the molecule is NC1CCCC(O)(O)C1(N)O. The van der Waals surface area contributed by atoms with Crippen LogP contribution in [0.15, 0.2) is 0 Å². The molecule has 0 aromatic heterocycles. The lowest BCUT2D eigenvalue weighted by Gasteiger charge is -2.44. The van der Waals surface area contributed by atoms with Gasteiger partial charge in [0.25, 0.3) is 0 Å². The zero-order valence-corrected chi connectivity index (χ0v) is 6.20. The molecule has 1 aliphatic rings. The van der Waals surface area contributed by atoms with Crippen LogP contribution in [0.25, 0.3) is 0 Å². The lowest BCUT2D eigenvalue weighted by Crippen LogP contribution is -2.71. The molecular formula is C6H14N2O3. The van der Waals surface area contributed by atoms with Crippen LogP contribution in [0.5, 0.6) is 0 Å². The Morgan fingerprint density at radius 2 is 1.82 bits per heavy atom.